The van der Waals surface area contributed by atoms with Gasteiger partial charge in [0.1, 0.15) is 30.8 Å². The third-order valence-corrected chi connectivity index (χ3v) is 17.0. The number of nitrogens with zero attached hydrogens (tertiary/aromatic N) is 4. The molecule has 0 saturated carbocycles. The lowest BCUT2D eigenvalue weighted by atomic mass is 9.96. The van der Waals surface area contributed by atoms with Crippen molar-refractivity contribution in [3.05, 3.63) is 82.0 Å². The van der Waals surface area contributed by atoms with Gasteiger partial charge in [-0.1, -0.05) is 18.2 Å². The Morgan fingerprint density at radius 2 is 1.16 bits per heavy atom. The second kappa shape index (κ2) is 42.5. The molecular weight excluding hydrogens is 1260 g/mol. The summed E-state index contributed by atoms with van der Waals surface area (Å²) in [5.41, 5.74) is 4.01. The molecule has 0 radical (unpaired) electrons. The van der Waals surface area contributed by atoms with E-state index < -0.39 is 58.3 Å². The van der Waals surface area contributed by atoms with Crippen molar-refractivity contribution in [1.82, 2.24) is 51.0 Å². The van der Waals surface area contributed by atoms with Gasteiger partial charge in [-0.05, 0) is 130 Å². The molecule has 3 aromatic rings. The van der Waals surface area contributed by atoms with Gasteiger partial charge in [0.2, 0.25) is 33.7 Å². The van der Waals surface area contributed by atoms with E-state index in [-0.39, 0.29) is 176 Å². The van der Waals surface area contributed by atoms with Crippen LogP contribution in [0.2, 0.25) is 0 Å². The molecule has 32 heteroatoms. The fourth-order valence-corrected chi connectivity index (χ4v) is 12.0. The normalized spacial score (nSPS) is 15.3. The summed E-state index contributed by atoms with van der Waals surface area (Å²) in [7, 11) is -4.39. The van der Waals surface area contributed by atoms with Crippen molar-refractivity contribution < 1.29 is 95.7 Å². The largest absolute Gasteiger partial charge is 0.494 e. The molecule has 95 heavy (non-hydrogen) atoms. The number of hydrogen-bond donors (Lipinski definition) is 11. The third kappa shape index (κ3) is 31.4. The Morgan fingerprint density at radius 1 is 0.611 bits per heavy atom. The van der Waals surface area contributed by atoms with Crippen molar-refractivity contribution >= 4 is 69.3 Å². The highest BCUT2D eigenvalue weighted by atomic mass is 32.2. The van der Waals surface area contributed by atoms with Crippen molar-refractivity contribution in [2.75, 3.05) is 163 Å². The maximum atomic E-state index is 13.6. The highest BCUT2D eigenvalue weighted by molar-refractivity contribution is 7.89. The summed E-state index contributed by atoms with van der Waals surface area (Å²) in [6, 6.07) is 12.3. The zero-order chi connectivity index (χ0) is 69.0. The van der Waals surface area contributed by atoms with Crippen molar-refractivity contribution in [3.8, 4) is 5.75 Å². The molecule has 3 heterocycles. The number of anilines is 1. The average molecular weight is 1360 g/mol. The number of rotatable bonds is 42. The average Bonchev–Trinajstić information content (AvgIpc) is 0.798. The molecular formula is C63H93N11O20S. The van der Waals surface area contributed by atoms with Gasteiger partial charge in [-0.25, -0.2) is 13.4 Å². The first-order valence-electron chi connectivity index (χ1n) is 31.8. The van der Waals surface area contributed by atoms with Crippen LogP contribution in [0.3, 0.4) is 0 Å². The summed E-state index contributed by atoms with van der Waals surface area (Å²) < 4.78 is 56.8. The molecule has 5 rings (SSSR count). The van der Waals surface area contributed by atoms with Crippen molar-refractivity contribution in [3.63, 3.8) is 0 Å². The maximum absolute atomic E-state index is 13.6. The predicted octanol–water partition coefficient (Wildman–Crippen LogP) is -0.347. The fraction of sp³-hybridized carbons (Fsp3) is 0.587. The quantitative estimate of drug-likeness (QED) is 0.0323. The van der Waals surface area contributed by atoms with Crippen molar-refractivity contribution in [1.29, 1.82) is 0 Å². The van der Waals surface area contributed by atoms with E-state index in [4.69, 9.17) is 28.7 Å². The molecule has 1 fully saturated rings. The molecule has 1 unspecified atom stereocenters. The first-order chi connectivity index (χ1) is 45.5. The first kappa shape index (κ1) is 77.8. The van der Waals surface area contributed by atoms with E-state index in [1.807, 2.05) is 23.1 Å². The summed E-state index contributed by atoms with van der Waals surface area (Å²) >= 11 is 0. The number of carboxylic acid groups (broad SMARTS) is 4. The summed E-state index contributed by atoms with van der Waals surface area (Å²) in [6.45, 7) is 6.08. The fourth-order valence-electron chi connectivity index (χ4n) is 10.4. The van der Waals surface area contributed by atoms with Crippen LogP contribution in [0.4, 0.5) is 5.82 Å². The molecule has 1 aromatic heterocycles. The number of hydrogen-bond acceptors (Lipinski definition) is 21. The summed E-state index contributed by atoms with van der Waals surface area (Å²) in [4.78, 5) is 119. The number of aromatic nitrogens is 1. The number of benzene rings is 2. The highest BCUT2D eigenvalue weighted by Crippen LogP contribution is 2.27. The third-order valence-electron chi connectivity index (χ3n) is 15.3. The van der Waals surface area contributed by atoms with E-state index in [2.05, 4.69) is 42.7 Å². The number of fused-ring (bicyclic) bond motifs is 1. The minimum absolute atomic E-state index is 0.00933. The van der Waals surface area contributed by atoms with Gasteiger partial charge < -0.3 is 76.0 Å². The Balaban J connectivity index is 0.835. The number of aliphatic carboxylic acids is 4. The van der Waals surface area contributed by atoms with Crippen LogP contribution in [-0.4, -0.2) is 266 Å². The first-order valence-corrected chi connectivity index (χ1v) is 33.3. The number of ether oxygens (including phenoxy) is 5. The lowest BCUT2D eigenvalue weighted by Gasteiger charge is -2.31. The maximum Gasteiger partial charge on any atom is 0.323 e. The number of carboxylic acids is 4. The number of carbonyl (C=O) groups is 9. The minimum Gasteiger partial charge on any atom is -0.494 e. The smallest absolute Gasteiger partial charge is 0.323 e. The summed E-state index contributed by atoms with van der Waals surface area (Å²) in [5.74, 6) is -5.44. The topological polar surface area (TPSA) is 422 Å². The van der Waals surface area contributed by atoms with E-state index in [0.29, 0.717) is 64.0 Å². The van der Waals surface area contributed by atoms with E-state index in [9.17, 15) is 72.0 Å². The Bertz CT molecular complexity index is 3050. The van der Waals surface area contributed by atoms with Crippen LogP contribution in [-0.2, 0) is 86.6 Å². The summed E-state index contributed by atoms with van der Waals surface area (Å²) in [6.07, 6.45) is 4.68. The number of amides is 5. The summed E-state index contributed by atoms with van der Waals surface area (Å²) in [5, 5.41) is 54.8. The highest BCUT2D eigenvalue weighted by Gasteiger charge is 2.29. The van der Waals surface area contributed by atoms with Crippen LogP contribution < -0.4 is 41.4 Å². The monoisotopic (exact) mass is 1360 g/mol. The number of sulfonamides is 1. The van der Waals surface area contributed by atoms with Gasteiger partial charge in [0, 0.05) is 89.5 Å². The molecule has 11 N–H and O–H groups in total. The minimum atomic E-state index is -4.39. The van der Waals surface area contributed by atoms with Gasteiger partial charge in [-0.2, -0.15) is 4.72 Å². The molecule has 31 nitrogen and oxygen atoms in total. The van der Waals surface area contributed by atoms with E-state index in [1.54, 1.807) is 35.8 Å². The molecule has 0 spiro atoms. The molecule has 0 bridgehead atoms. The Labute approximate surface area is 553 Å². The molecule has 1 saturated heterocycles. The van der Waals surface area contributed by atoms with Gasteiger partial charge in [0.15, 0.2) is 0 Å². The number of pyridine rings is 1. The Kier molecular flexibility index (Phi) is 34.8. The molecule has 2 aliphatic rings. The van der Waals surface area contributed by atoms with Crippen LogP contribution in [0, 0.1) is 19.8 Å². The van der Waals surface area contributed by atoms with E-state index >= 15 is 0 Å². The van der Waals surface area contributed by atoms with E-state index in [1.165, 1.54) is 17.7 Å². The predicted molar refractivity (Wildman–Crippen MR) is 345 cm³/mol. The molecule has 0 aliphatic carbocycles. The molecule has 2 atom stereocenters. The van der Waals surface area contributed by atoms with Gasteiger partial charge in [-0.15, -0.1) is 0 Å². The second-order valence-corrected chi connectivity index (χ2v) is 24.6. The SMILES string of the molecule is Cc1cc(OCCCC(=O)NCCNC(=O)COCCOCCNC(=O)COCCOCCNC(=O)CN2CCC(CC(=O)O)CCN(CC(=O)O)CCN(CC(=O)O)CC2)cc(C)c1S(=O)(=O)N[C@H](CNC(=O)c1ccc(CCc2ccc3c(n2)NCCC3)cc1)C(=O)O. The Morgan fingerprint density at radius 3 is 1.74 bits per heavy atom. The Hall–Kier alpha value is -7.95. The van der Waals surface area contributed by atoms with Crippen LogP contribution in [0.5, 0.6) is 5.75 Å². The van der Waals surface area contributed by atoms with Crippen LogP contribution >= 0.6 is 0 Å². The number of nitrogens with one attached hydrogen (secondary N) is 7. The molecule has 5 amide bonds. The van der Waals surface area contributed by atoms with Crippen LogP contribution in [0.15, 0.2) is 53.4 Å². The van der Waals surface area contributed by atoms with Crippen molar-refractivity contribution in [2.24, 2.45) is 5.92 Å². The lowest BCUT2D eigenvalue weighted by Crippen LogP contribution is -2.48. The second-order valence-electron chi connectivity index (χ2n) is 23.0. The van der Waals surface area contributed by atoms with Crippen LogP contribution in [0.25, 0.3) is 0 Å². The zero-order valence-electron chi connectivity index (χ0n) is 54.1. The molecule has 526 valence electrons. The van der Waals surface area contributed by atoms with Gasteiger partial charge in [0.05, 0.1) is 70.8 Å². The van der Waals surface area contributed by atoms with Crippen LogP contribution in [0.1, 0.15) is 76.8 Å². The standard InChI is InChI=1S/C63H93N11O20S/c1-44-35-51(36-45(2)60(44)95(88,89)71-52(63(86)87)38-69-62(85)49-10-7-46(8-11-49)9-13-50-14-12-48-5-3-17-68-61(48)70-50)94-28-4-6-53(75)64-18-19-65-55(77)42-92-33-32-91-30-21-67-56(78)43-93-34-31-90-29-20-66-54(76)39-72-22-15-47(37-57(79)80)16-23-73(40-58(81)82)25-27-74(26-24-72)41-59(83)84/h7-8,10-12,14,35-36,47,52,71H,3-6,9,13,15-34,37-43H2,1-2H3,(H,64,75)(H,65,77)(H,66,76)(H,67,78)(H,68,70)(H,69,85)(H,79,80)(H,81,82)(H,83,84)(H,86,87)/t47?,52-/m1/s1. The van der Waals surface area contributed by atoms with E-state index in [0.717, 1.165) is 36.5 Å². The van der Waals surface area contributed by atoms with Crippen molar-refractivity contribution in [2.45, 2.75) is 82.6 Å². The zero-order valence-corrected chi connectivity index (χ0v) is 54.9. The van der Waals surface area contributed by atoms with Gasteiger partial charge in [-0.3, -0.25) is 57.9 Å². The van der Waals surface area contributed by atoms with Gasteiger partial charge in [0.25, 0.3) is 5.91 Å². The number of carbonyl (C=O) groups excluding carboxylic acids is 5. The lowest BCUT2D eigenvalue weighted by molar-refractivity contribution is -0.140. The van der Waals surface area contributed by atoms with Gasteiger partial charge >= 0.3 is 23.9 Å². The molecule has 2 aliphatic heterocycles. The number of aryl methyl sites for hydroxylation is 5. The molecule has 2 aromatic carbocycles.